The van der Waals surface area contributed by atoms with E-state index >= 15 is 0 Å². The van der Waals surface area contributed by atoms with Gasteiger partial charge in [0.15, 0.2) is 0 Å². The average Bonchev–Trinajstić information content (AvgIpc) is 2.78. The Bertz CT molecular complexity index is 563. The van der Waals surface area contributed by atoms with Crippen molar-refractivity contribution in [2.24, 2.45) is 0 Å². The molecule has 19 heavy (non-hydrogen) atoms. The Kier molecular flexibility index (Phi) is 4.12. The molecule has 9 heteroatoms. The zero-order valence-electron chi connectivity index (χ0n) is 10.5. The van der Waals surface area contributed by atoms with Gasteiger partial charge in [-0.2, -0.15) is 5.10 Å². The molecule has 1 aromatic heterocycles. The smallest absolute Gasteiger partial charge is 0.264 e. The number of piperazine rings is 1. The largest absolute Gasteiger partial charge is 0.339 e. The maximum atomic E-state index is 12.0. The van der Waals surface area contributed by atoms with Gasteiger partial charge in [0.25, 0.3) is 9.05 Å². The summed E-state index contributed by atoms with van der Waals surface area (Å²) < 4.78 is 23.4. The molecule has 1 amide bonds. The third kappa shape index (κ3) is 3.68. The number of rotatable bonds is 3. The average molecular weight is 307 g/mol. The Morgan fingerprint density at radius 3 is 2.53 bits per heavy atom. The molecule has 2 rings (SSSR count). The van der Waals surface area contributed by atoms with Crippen LogP contribution in [0.2, 0.25) is 0 Å². The quantitative estimate of drug-likeness (QED) is 0.709. The molecule has 1 fully saturated rings. The van der Waals surface area contributed by atoms with Gasteiger partial charge in [0, 0.05) is 43.1 Å². The molecule has 1 aromatic rings. The predicted molar refractivity (Wildman–Crippen MR) is 69.3 cm³/mol. The van der Waals surface area contributed by atoms with E-state index < -0.39 is 9.05 Å². The van der Waals surface area contributed by atoms with Crippen molar-refractivity contribution in [1.29, 1.82) is 0 Å². The van der Waals surface area contributed by atoms with E-state index in [1.807, 2.05) is 7.05 Å². The molecule has 0 aliphatic carbocycles. The lowest BCUT2D eigenvalue weighted by atomic mass is 10.3. The first kappa shape index (κ1) is 14.3. The van der Waals surface area contributed by atoms with Crippen LogP contribution in [-0.4, -0.2) is 67.1 Å². The third-order valence-electron chi connectivity index (χ3n) is 3.04. The molecule has 0 spiro atoms. The highest BCUT2D eigenvalue weighted by molar-refractivity contribution is 8.13. The molecule has 0 aromatic carbocycles. The molecular weight excluding hydrogens is 292 g/mol. The molecule has 2 heterocycles. The zero-order chi connectivity index (χ0) is 14.0. The van der Waals surface area contributed by atoms with Crippen molar-refractivity contribution < 1.29 is 13.2 Å². The van der Waals surface area contributed by atoms with E-state index in [-0.39, 0.29) is 17.3 Å². The van der Waals surface area contributed by atoms with Crippen molar-refractivity contribution in [2.45, 2.75) is 11.4 Å². The lowest BCUT2D eigenvalue weighted by Crippen LogP contribution is -2.48. The highest BCUT2D eigenvalue weighted by Gasteiger charge is 2.20. The van der Waals surface area contributed by atoms with Gasteiger partial charge in [-0.05, 0) is 7.05 Å². The molecular formula is C10H15ClN4O3S. The lowest BCUT2D eigenvalue weighted by molar-refractivity contribution is -0.133. The molecule has 0 saturated carbocycles. The summed E-state index contributed by atoms with van der Waals surface area (Å²) in [5, 5.41) is 3.83. The van der Waals surface area contributed by atoms with Crippen LogP contribution in [0.15, 0.2) is 17.3 Å². The van der Waals surface area contributed by atoms with Crippen molar-refractivity contribution in [1.82, 2.24) is 19.6 Å². The van der Waals surface area contributed by atoms with Gasteiger partial charge in [-0.3, -0.25) is 9.48 Å². The van der Waals surface area contributed by atoms with Gasteiger partial charge in [0.1, 0.15) is 11.4 Å². The summed E-state index contributed by atoms with van der Waals surface area (Å²) in [7, 11) is 3.41. The van der Waals surface area contributed by atoms with Gasteiger partial charge in [-0.15, -0.1) is 0 Å². The SMILES string of the molecule is CN1CCN(C(=O)Cn2cc(S(=O)(=O)Cl)cn2)CC1. The summed E-state index contributed by atoms with van der Waals surface area (Å²) in [5.41, 5.74) is 0. The van der Waals surface area contributed by atoms with E-state index in [0.717, 1.165) is 19.3 Å². The topological polar surface area (TPSA) is 75.5 Å². The summed E-state index contributed by atoms with van der Waals surface area (Å²) in [6, 6.07) is 0. The molecule has 0 atom stereocenters. The summed E-state index contributed by atoms with van der Waals surface area (Å²) in [4.78, 5) is 15.8. The monoisotopic (exact) mass is 306 g/mol. The van der Waals surface area contributed by atoms with Crippen molar-refractivity contribution in [2.75, 3.05) is 33.2 Å². The van der Waals surface area contributed by atoms with Crippen LogP contribution in [0.4, 0.5) is 0 Å². The Morgan fingerprint density at radius 1 is 1.37 bits per heavy atom. The summed E-state index contributed by atoms with van der Waals surface area (Å²) in [6.45, 7) is 3.06. The standard InChI is InChI=1S/C10H15ClN4O3S/c1-13-2-4-14(5-3-13)10(16)8-15-7-9(6-12-15)19(11,17)18/h6-7H,2-5,8H2,1H3. The number of nitrogens with zero attached hydrogens (tertiary/aromatic N) is 4. The summed E-state index contributed by atoms with van der Waals surface area (Å²) >= 11 is 0. The van der Waals surface area contributed by atoms with Crippen molar-refractivity contribution in [3.8, 4) is 0 Å². The van der Waals surface area contributed by atoms with Gasteiger partial charge in [-0.1, -0.05) is 0 Å². The summed E-state index contributed by atoms with van der Waals surface area (Å²) in [6.07, 6.45) is 2.40. The number of likely N-dealkylation sites (N-methyl/N-ethyl adjacent to an activating group) is 1. The Balaban J connectivity index is 1.97. The zero-order valence-corrected chi connectivity index (χ0v) is 12.1. The minimum absolute atomic E-state index is 0.0239. The third-order valence-corrected chi connectivity index (χ3v) is 4.35. The lowest BCUT2D eigenvalue weighted by Gasteiger charge is -2.32. The van der Waals surface area contributed by atoms with Gasteiger partial charge >= 0.3 is 0 Å². The van der Waals surface area contributed by atoms with E-state index in [9.17, 15) is 13.2 Å². The van der Waals surface area contributed by atoms with Crippen LogP contribution in [0.1, 0.15) is 0 Å². The molecule has 0 N–H and O–H groups in total. The van der Waals surface area contributed by atoms with Crippen LogP contribution in [0.25, 0.3) is 0 Å². The second-order valence-electron chi connectivity index (χ2n) is 4.50. The Morgan fingerprint density at radius 2 is 2.00 bits per heavy atom. The minimum atomic E-state index is -3.79. The Labute approximate surface area is 116 Å². The normalized spacial score (nSPS) is 17.7. The second kappa shape index (κ2) is 5.48. The van der Waals surface area contributed by atoms with Gasteiger partial charge < -0.3 is 9.80 Å². The number of halogens is 1. The van der Waals surface area contributed by atoms with E-state index in [1.54, 1.807) is 4.90 Å². The molecule has 0 radical (unpaired) electrons. The molecule has 1 saturated heterocycles. The first-order valence-electron chi connectivity index (χ1n) is 5.80. The Hall–Kier alpha value is -1.12. The van der Waals surface area contributed by atoms with E-state index in [4.69, 9.17) is 10.7 Å². The van der Waals surface area contributed by atoms with Gasteiger partial charge in [-0.25, -0.2) is 8.42 Å². The van der Waals surface area contributed by atoms with Crippen LogP contribution in [-0.2, 0) is 20.4 Å². The fourth-order valence-corrected chi connectivity index (χ4v) is 2.51. The number of carbonyl (C=O) groups is 1. The maximum absolute atomic E-state index is 12.0. The van der Waals surface area contributed by atoms with Crippen LogP contribution < -0.4 is 0 Å². The van der Waals surface area contributed by atoms with Crippen molar-refractivity contribution >= 4 is 25.6 Å². The number of aromatic nitrogens is 2. The minimum Gasteiger partial charge on any atom is -0.339 e. The number of amides is 1. The van der Waals surface area contributed by atoms with Crippen LogP contribution in [0.5, 0.6) is 0 Å². The van der Waals surface area contributed by atoms with Crippen LogP contribution in [0.3, 0.4) is 0 Å². The summed E-state index contributed by atoms with van der Waals surface area (Å²) in [5.74, 6) is -0.0743. The van der Waals surface area contributed by atoms with Crippen LogP contribution >= 0.6 is 10.7 Å². The number of carbonyl (C=O) groups excluding carboxylic acids is 1. The first-order chi connectivity index (χ1) is 8.86. The number of hydrogen-bond donors (Lipinski definition) is 0. The second-order valence-corrected chi connectivity index (χ2v) is 7.06. The highest BCUT2D eigenvalue weighted by atomic mass is 35.7. The molecule has 1 aliphatic heterocycles. The van der Waals surface area contributed by atoms with E-state index in [0.29, 0.717) is 13.1 Å². The van der Waals surface area contributed by atoms with Gasteiger partial charge in [0.2, 0.25) is 5.91 Å². The first-order valence-corrected chi connectivity index (χ1v) is 8.10. The highest BCUT2D eigenvalue weighted by Crippen LogP contribution is 2.13. The molecule has 7 nitrogen and oxygen atoms in total. The van der Waals surface area contributed by atoms with Crippen molar-refractivity contribution in [3.05, 3.63) is 12.4 Å². The molecule has 106 valence electrons. The molecule has 1 aliphatic rings. The van der Waals surface area contributed by atoms with E-state index in [1.165, 1.54) is 10.9 Å². The molecule has 0 unspecified atom stereocenters. The number of hydrogen-bond acceptors (Lipinski definition) is 5. The van der Waals surface area contributed by atoms with E-state index in [2.05, 4.69) is 10.00 Å². The van der Waals surface area contributed by atoms with Crippen molar-refractivity contribution in [3.63, 3.8) is 0 Å². The van der Waals surface area contributed by atoms with Gasteiger partial charge in [0.05, 0.1) is 6.20 Å². The van der Waals surface area contributed by atoms with Crippen LogP contribution in [0, 0.1) is 0 Å². The molecule has 0 bridgehead atoms. The fourth-order valence-electron chi connectivity index (χ4n) is 1.85. The maximum Gasteiger partial charge on any atom is 0.264 e. The fraction of sp³-hybridized carbons (Fsp3) is 0.600. The predicted octanol–water partition coefficient (Wildman–Crippen LogP) is -0.415.